The van der Waals surface area contributed by atoms with E-state index in [1.807, 2.05) is 0 Å². The van der Waals surface area contributed by atoms with Gasteiger partial charge in [0.25, 0.3) is 0 Å². The van der Waals surface area contributed by atoms with Gasteiger partial charge in [-0.3, -0.25) is 9.59 Å². The van der Waals surface area contributed by atoms with Gasteiger partial charge in [0, 0.05) is 17.0 Å². The summed E-state index contributed by atoms with van der Waals surface area (Å²) in [4.78, 5) is 55.8. The Balaban J connectivity index is 1.76. The van der Waals surface area contributed by atoms with Gasteiger partial charge in [-0.05, 0) is 47.4 Å². The molecular formula is C41H42O13. The van der Waals surface area contributed by atoms with Crippen LogP contribution in [-0.4, -0.2) is 73.6 Å². The Hall–Kier alpha value is -6.24. The minimum atomic E-state index is -1.49. The molecule has 0 amide bonds. The van der Waals surface area contributed by atoms with Gasteiger partial charge in [-0.2, -0.15) is 0 Å². The van der Waals surface area contributed by atoms with Crippen LogP contribution in [0.25, 0.3) is 0 Å². The smallest absolute Gasteiger partial charge is 0.351 e. The highest BCUT2D eigenvalue weighted by Gasteiger charge is 2.50. The number of carbonyl (C=O) groups excluding carboxylic acids is 4. The number of rotatable bonds is 14. The Morgan fingerprint density at radius 2 is 1.02 bits per heavy atom. The van der Waals surface area contributed by atoms with Crippen molar-refractivity contribution in [3.05, 3.63) is 113 Å². The summed E-state index contributed by atoms with van der Waals surface area (Å²) in [7, 11) is 9.68. The third kappa shape index (κ3) is 7.89. The number of esters is 4. The zero-order chi connectivity index (χ0) is 38.9. The van der Waals surface area contributed by atoms with Crippen LogP contribution in [0.5, 0.6) is 28.7 Å². The molecule has 0 saturated carbocycles. The molecule has 5 rings (SSSR count). The third-order valence-corrected chi connectivity index (χ3v) is 9.34. The van der Waals surface area contributed by atoms with Crippen LogP contribution < -0.4 is 23.7 Å². The van der Waals surface area contributed by atoms with Crippen molar-refractivity contribution >= 4 is 23.9 Å². The highest BCUT2D eigenvalue weighted by Crippen LogP contribution is 2.51. The molecule has 0 heterocycles. The van der Waals surface area contributed by atoms with E-state index >= 15 is 0 Å². The molecule has 13 heteroatoms. The number of benzene rings is 4. The molecule has 0 unspecified atom stereocenters. The summed E-state index contributed by atoms with van der Waals surface area (Å²) in [5.74, 6) is -5.58. The van der Waals surface area contributed by atoms with Gasteiger partial charge < -0.3 is 42.6 Å². The lowest BCUT2D eigenvalue weighted by Crippen LogP contribution is -2.43. The van der Waals surface area contributed by atoms with Gasteiger partial charge in [-0.1, -0.05) is 60.7 Å². The third-order valence-electron chi connectivity index (χ3n) is 9.34. The quantitative estimate of drug-likeness (QED) is 0.117. The zero-order valence-electron chi connectivity index (χ0n) is 31.0. The predicted octanol–water partition coefficient (Wildman–Crippen LogP) is 5.57. The number of carbonyl (C=O) groups is 4. The average Bonchev–Trinajstić information content (AvgIpc) is 3.22. The SMILES string of the molecule is COC(=O)[C@@H](OC(=O)[C@@H]1[C@H](c2cc(OC)c(OC)c(OC)c2)c2cc(OC)c(OC)cc2C[C@H]1C(=O)O[C@H](C(=O)OC)c1ccccc1)c1ccccc1. The van der Waals surface area contributed by atoms with Crippen molar-refractivity contribution in [2.24, 2.45) is 11.8 Å². The van der Waals surface area contributed by atoms with Crippen molar-refractivity contribution in [1.29, 1.82) is 0 Å². The summed E-state index contributed by atoms with van der Waals surface area (Å²) in [6.07, 6.45) is -3.01. The normalized spacial score (nSPS) is 17.1. The Morgan fingerprint density at radius 3 is 1.46 bits per heavy atom. The van der Waals surface area contributed by atoms with E-state index in [1.54, 1.807) is 84.9 Å². The second-order valence-corrected chi connectivity index (χ2v) is 12.2. The minimum Gasteiger partial charge on any atom is -0.493 e. The van der Waals surface area contributed by atoms with Gasteiger partial charge in [-0.25, -0.2) is 9.59 Å². The summed E-state index contributed by atoms with van der Waals surface area (Å²) < 4.78 is 50.3. The summed E-state index contributed by atoms with van der Waals surface area (Å²) >= 11 is 0. The highest BCUT2D eigenvalue weighted by atomic mass is 16.6. The molecule has 4 aromatic carbocycles. The fourth-order valence-electron chi connectivity index (χ4n) is 6.76. The molecule has 0 aromatic heterocycles. The molecule has 1 aliphatic rings. The molecule has 1 aliphatic carbocycles. The van der Waals surface area contributed by atoms with Gasteiger partial charge in [0.15, 0.2) is 23.0 Å². The van der Waals surface area contributed by atoms with E-state index in [0.29, 0.717) is 45.1 Å². The number of hydrogen-bond acceptors (Lipinski definition) is 13. The van der Waals surface area contributed by atoms with Crippen molar-refractivity contribution in [2.75, 3.05) is 49.8 Å². The topological polar surface area (TPSA) is 151 Å². The number of methoxy groups -OCH3 is 7. The van der Waals surface area contributed by atoms with E-state index in [-0.39, 0.29) is 17.9 Å². The van der Waals surface area contributed by atoms with Crippen molar-refractivity contribution in [3.63, 3.8) is 0 Å². The molecule has 4 aromatic rings. The molecule has 0 N–H and O–H groups in total. The molecule has 0 saturated heterocycles. The Morgan fingerprint density at radius 1 is 0.556 bits per heavy atom. The van der Waals surface area contributed by atoms with Crippen LogP contribution >= 0.6 is 0 Å². The standard InChI is InChI=1S/C41H42O13/c1-46-29-19-25-18-28(38(42)53-35(40(44)51-6)23-14-10-8-11-15-23)34(39(43)54-36(41(45)52-7)24-16-12-9-13-17-24)33(27(25)22-30(29)47-2)26-20-31(48-3)37(50-5)32(21-26)49-4/h8-17,19-22,28,33-36H,18H2,1-7H3/t28-,33-,34+,35+,36+/m1/s1. The van der Waals surface area contributed by atoms with Gasteiger partial charge in [0.05, 0.1) is 61.6 Å². The molecule has 0 fully saturated rings. The first-order chi connectivity index (χ1) is 26.1. The van der Waals surface area contributed by atoms with Crippen molar-refractivity contribution in [1.82, 2.24) is 0 Å². The second kappa shape index (κ2) is 17.5. The van der Waals surface area contributed by atoms with E-state index in [4.69, 9.17) is 42.6 Å². The minimum absolute atomic E-state index is 0.0634. The van der Waals surface area contributed by atoms with Crippen molar-refractivity contribution < 1.29 is 61.8 Å². The molecule has 284 valence electrons. The number of hydrogen-bond donors (Lipinski definition) is 0. The van der Waals surface area contributed by atoms with Crippen LogP contribution in [0.1, 0.15) is 45.9 Å². The summed E-state index contributed by atoms with van der Waals surface area (Å²) in [6, 6.07) is 23.5. The average molecular weight is 743 g/mol. The van der Waals surface area contributed by atoms with E-state index in [1.165, 1.54) is 49.8 Å². The Labute approximate surface area is 312 Å². The first-order valence-corrected chi connectivity index (χ1v) is 16.9. The van der Waals surface area contributed by atoms with E-state index < -0.39 is 53.8 Å². The molecular weight excluding hydrogens is 700 g/mol. The Kier molecular flexibility index (Phi) is 12.6. The second-order valence-electron chi connectivity index (χ2n) is 12.2. The summed E-state index contributed by atoms with van der Waals surface area (Å²) in [6.45, 7) is 0. The van der Waals surface area contributed by atoms with Crippen LogP contribution in [-0.2, 0) is 44.5 Å². The number of fused-ring (bicyclic) bond motifs is 1. The van der Waals surface area contributed by atoms with Crippen molar-refractivity contribution in [3.8, 4) is 28.7 Å². The molecule has 54 heavy (non-hydrogen) atoms. The first kappa shape index (κ1) is 39.0. The monoisotopic (exact) mass is 742 g/mol. The van der Waals surface area contributed by atoms with E-state index in [2.05, 4.69) is 0 Å². The summed E-state index contributed by atoms with van der Waals surface area (Å²) in [5, 5.41) is 0. The molecule has 0 radical (unpaired) electrons. The largest absolute Gasteiger partial charge is 0.493 e. The van der Waals surface area contributed by atoms with Gasteiger partial charge in [0.1, 0.15) is 0 Å². The molecule has 0 bridgehead atoms. The van der Waals surface area contributed by atoms with Crippen molar-refractivity contribution in [2.45, 2.75) is 24.5 Å². The molecule has 0 aliphatic heterocycles. The lowest BCUT2D eigenvalue weighted by atomic mass is 9.66. The summed E-state index contributed by atoms with van der Waals surface area (Å²) in [5.41, 5.74) is 2.35. The lowest BCUT2D eigenvalue weighted by molar-refractivity contribution is -0.178. The Bertz CT molecular complexity index is 1940. The highest BCUT2D eigenvalue weighted by molar-refractivity contribution is 5.89. The maximum atomic E-state index is 14.9. The van der Waals surface area contributed by atoms with Gasteiger partial charge >= 0.3 is 23.9 Å². The first-order valence-electron chi connectivity index (χ1n) is 16.9. The molecule has 13 nitrogen and oxygen atoms in total. The fourth-order valence-corrected chi connectivity index (χ4v) is 6.76. The number of ether oxygens (including phenoxy) is 9. The lowest BCUT2D eigenvalue weighted by Gasteiger charge is -2.38. The van der Waals surface area contributed by atoms with Crippen LogP contribution in [0.3, 0.4) is 0 Å². The maximum Gasteiger partial charge on any atom is 0.351 e. The van der Waals surface area contributed by atoms with E-state index in [0.717, 1.165) is 0 Å². The van der Waals surface area contributed by atoms with Crippen LogP contribution in [0.4, 0.5) is 0 Å². The van der Waals surface area contributed by atoms with Crippen LogP contribution in [0.15, 0.2) is 84.9 Å². The predicted molar refractivity (Wildman–Crippen MR) is 193 cm³/mol. The van der Waals surface area contributed by atoms with Crippen LogP contribution in [0.2, 0.25) is 0 Å². The van der Waals surface area contributed by atoms with E-state index in [9.17, 15) is 19.2 Å². The zero-order valence-corrected chi connectivity index (χ0v) is 31.0. The fraction of sp³-hybridized carbons (Fsp3) is 0.317. The van der Waals surface area contributed by atoms with Gasteiger partial charge in [-0.15, -0.1) is 0 Å². The molecule has 5 atom stereocenters. The van der Waals surface area contributed by atoms with Crippen LogP contribution in [0, 0.1) is 11.8 Å². The van der Waals surface area contributed by atoms with Gasteiger partial charge in [0.2, 0.25) is 18.0 Å². The maximum absolute atomic E-state index is 14.9. The molecule has 0 spiro atoms.